The maximum absolute atomic E-state index is 12.2. The van der Waals surface area contributed by atoms with Gasteiger partial charge in [-0.15, -0.1) is 0 Å². The number of hydrogen-bond acceptors (Lipinski definition) is 3. The molecule has 1 heterocycles. The first-order valence-corrected chi connectivity index (χ1v) is 6.85. The Bertz CT molecular complexity index is 587. The lowest BCUT2D eigenvalue weighted by Gasteiger charge is -2.18. The number of rotatable bonds is 2. The first-order chi connectivity index (χ1) is 9.72. The summed E-state index contributed by atoms with van der Waals surface area (Å²) >= 11 is 6.15. The third-order valence-corrected chi connectivity index (χ3v) is 3.47. The Morgan fingerprint density at radius 2 is 2.10 bits per heavy atom. The van der Waals surface area contributed by atoms with Crippen molar-refractivity contribution >= 4 is 34.9 Å². The van der Waals surface area contributed by atoms with Gasteiger partial charge in [0.25, 0.3) is 5.91 Å². The van der Waals surface area contributed by atoms with Crippen LogP contribution in [-0.4, -0.2) is 37.5 Å². The summed E-state index contributed by atoms with van der Waals surface area (Å²) in [5.74, 6) is -0.122. The molecule has 1 aliphatic heterocycles. The van der Waals surface area contributed by atoms with Gasteiger partial charge in [-0.2, -0.15) is 5.06 Å². The number of nitrogens with zero attached hydrogens (tertiary/aromatic N) is 2. The molecule has 0 unspecified atom stereocenters. The number of carbonyl (C=O) groups excluding carboxylic acids is 2. The van der Waals surface area contributed by atoms with E-state index in [-0.39, 0.29) is 11.9 Å². The van der Waals surface area contributed by atoms with Crippen LogP contribution in [0, 0.1) is 5.41 Å². The van der Waals surface area contributed by atoms with Gasteiger partial charge in [-0.1, -0.05) is 11.6 Å². The molecule has 2 rings (SSSR count). The molecule has 114 valence electrons. The van der Waals surface area contributed by atoms with E-state index in [9.17, 15) is 9.59 Å². The number of benzene rings is 1. The van der Waals surface area contributed by atoms with Crippen molar-refractivity contribution in [1.29, 1.82) is 0 Å². The zero-order chi connectivity index (χ0) is 15.8. The molecule has 21 heavy (non-hydrogen) atoms. The van der Waals surface area contributed by atoms with Crippen molar-refractivity contribution in [3.8, 4) is 0 Å². The molecule has 6 nitrogen and oxygen atoms in total. The lowest BCUT2D eigenvalue weighted by molar-refractivity contribution is -0.124. The van der Waals surface area contributed by atoms with Crippen molar-refractivity contribution in [2.24, 2.45) is 5.41 Å². The van der Waals surface area contributed by atoms with E-state index in [4.69, 9.17) is 16.4 Å². The van der Waals surface area contributed by atoms with E-state index in [0.29, 0.717) is 23.0 Å². The molecule has 7 heteroatoms. The molecule has 0 aromatic heterocycles. The first kappa shape index (κ1) is 15.6. The highest BCUT2D eigenvalue weighted by molar-refractivity contribution is 6.34. The molecule has 0 saturated carbocycles. The van der Waals surface area contributed by atoms with Crippen LogP contribution in [-0.2, 0) is 9.63 Å². The number of amides is 3. The van der Waals surface area contributed by atoms with E-state index in [1.807, 2.05) is 13.8 Å². The molecule has 1 aliphatic rings. The molecule has 3 amide bonds. The van der Waals surface area contributed by atoms with E-state index < -0.39 is 5.41 Å². The van der Waals surface area contributed by atoms with Crippen LogP contribution in [0.5, 0.6) is 0 Å². The van der Waals surface area contributed by atoms with Crippen LogP contribution >= 0.6 is 11.6 Å². The maximum Gasteiger partial charge on any atom is 0.321 e. The van der Waals surface area contributed by atoms with Gasteiger partial charge in [0, 0.05) is 14.1 Å². The molecule has 1 aromatic carbocycles. The van der Waals surface area contributed by atoms with E-state index in [1.54, 1.807) is 32.3 Å². The highest BCUT2D eigenvalue weighted by atomic mass is 35.5. The molecule has 0 bridgehead atoms. The van der Waals surface area contributed by atoms with E-state index in [0.717, 1.165) is 0 Å². The summed E-state index contributed by atoms with van der Waals surface area (Å²) in [4.78, 5) is 30.6. The topological polar surface area (TPSA) is 61.9 Å². The second kappa shape index (κ2) is 5.54. The number of hydroxylamine groups is 1. The Kier molecular flexibility index (Phi) is 4.11. The van der Waals surface area contributed by atoms with Gasteiger partial charge in [-0.05, 0) is 32.0 Å². The Hall–Kier alpha value is -1.79. The van der Waals surface area contributed by atoms with Crippen LogP contribution in [0.3, 0.4) is 0 Å². The molecule has 1 aromatic rings. The summed E-state index contributed by atoms with van der Waals surface area (Å²) < 4.78 is 0. The average Bonchev–Trinajstić information content (AvgIpc) is 2.67. The second-order valence-electron chi connectivity index (χ2n) is 5.75. The smallest absolute Gasteiger partial charge is 0.321 e. The Labute approximate surface area is 128 Å². The van der Waals surface area contributed by atoms with Gasteiger partial charge in [0.15, 0.2) is 0 Å². The third-order valence-electron chi connectivity index (χ3n) is 3.15. The molecule has 1 N–H and O–H groups in total. The molecule has 1 saturated heterocycles. The van der Waals surface area contributed by atoms with E-state index >= 15 is 0 Å². The second-order valence-corrected chi connectivity index (χ2v) is 6.15. The quantitative estimate of drug-likeness (QED) is 0.913. The number of urea groups is 1. The normalized spacial score (nSPS) is 17.0. The molecule has 1 fully saturated rings. The largest absolute Gasteiger partial charge is 0.331 e. The number of anilines is 2. The van der Waals surface area contributed by atoms with Crippen molar-refractivity contribution in [2.75, 3.05) is 31.1 Å². The summed E-state index contributed by atoms with van der Waals surface area (Å²) in [5, 5.41) is 4.24. The van der Waals surface area contributed by atoms with Gasteiger partial charge in [0.1, 0.15) is 0 Å². The number of halogens is 1. The van der Waals surface area contributed by atoms with Gasteiger partial charge < -0.3 is 10.2 Å². The van der Waals surface area contributed by atoms with Crippen molar-refractivity contribution in [3.63, 3.8) is 0 Å². The highest BCUT2D eigenvalue weighted by Crippen LogP contribution is 2.34. The van der Waals surface area contributed by atoms with Crippen LogP contribution in [0.1, 0.15) is 13.8 Å². The van der Waals surface area contributed by atoms with Gasteiger partial charge >= 0.3 is 6.03 Å². The predicted molar refractivity (Wildman–Crippen MR) is 81.4 cm³/mol. The van der Waals surface area contributed by atoms with Crippen LogP contribution in [0.15, 0.2) is 18.2 Å². The van der Waals surface area contributed by atoms with Crippen molar-refractivity contribution in [1.82, 2.24) is 4.90 Å². The standard InChI is InChI=1S/C14H18ClN3O3/c1-14(2)8-21-18(12(14)19)9-5-6-11(10(15)7-9)16-13(20)17(3)4/h5-7H,8H2,1-4H3,(H,16,20). The van der Waals surface area contributed by atoms with E-state index in [1.165, 1.54) is 9.96 Å². The van der Waals surface area contributed by atoms with Gasteiger partial charge in [0.05, 0.1) is 28.4 Å². The minimum absolute atomic E-state index is 0.122. The van der Waals surface area contributed by atoms with Crippen LogP contribution in [0.25, 0.3) is 0 Å². The zero-order valence-corrected chi connectivity index (χ0v) is 13.2. The minimum Gasteiger partial charge on any atom is -0.331 e. The van der Waals surface area contributed by atoms with Gasteiger partial charge in [0.2, 0.25) is 0 Å². The SMILES string of the molecule is CN(C)C(=O)Nc1ccc(N2OCC(C)(C)C2=O)cc1Cl. The van der Waals surface area contributed by atoms with Crippen LogP contribution in [0.4, 0.5) is 16.2 Å². The predicted octanol–water partition coefficient (Wildman–Crippen LogP) is 2.74. The number of hydrogen-bond donors (Lipinski definition) is 1. The lowest BCUT2D eigenvalue weighted by Crippen LogP contribution is -2.30. The van der Waals surface area contributed by atoms with Crippen molar-refractivity contribution in [2.45, 2.75) is 13.8 Å². The third kappa shape index (κ3) is 3.11. The fourth-order valence-corrected chi connectivity index (χ4v) is 1.99. The summed E-state index contributed by atoms with van der Waals surface area (Å²) in [6.45, 7) is 3.97. The highest BCUT2D eigenvalue weighted by Gasteiger charge is 2.41. The van der Waals surface area contributed by atoms with Crippen molar-refractivity contribution < 1.29 is 14.4 Å². The van der Waals surface area contributed by atoms with Crippen LogP contribution in [0.2, 0.25) is 5.02 Å². The molecule has 0 spiro atoms. The maximum atomic E-state index is 12.2. The van der Waals surface area contributed by atoms with E-state index in [2.05, 4.69) is 5.32 Å². The lowest BCUT2D eigenvalue weighted by atomic mass is 9.95. The zero-order valence-electron chi connectivity index (χ0n) is 12.4. The summed E-state index contributed by atoms with van der Waals surface area (Å²) in [6.07, 6.45) is 0. The average molecular weight is 312 g/mol. The summed E-state index contributed by atoms with van der Waals surface area (Å²) in [5.41, 5.74) is 0.466. The molecule has 0 atom stereocenters. The monoisotopic (exact) mass is 311 g/mol. The Morgan fingerprint density at radius 3 is 2.57 bits per heavy atom. The first-order valence-electron chi connectivity index (χ1n) is 6.48. The fourth-order valence-electron chi connectivity index (χ4n) is 1.77. The molecular weight excluding hydrogens is 294 g/mol. The molecule has 0 aliphatic carbocycles. The number of carbonyl (C=O) groups is 2. The van der Waals surface area contributed by atoms with Crippen LogP contribution < -0.4 is 10.4 Å². The molecule has 0 radical (unpaired) electrons. The summed E-state index contributed by atoms with van der Waals surface area (Å²) in [7, 11) is 3.27. The summed E-state index contributed by atoms with van der Waals surface area (Å²) in [6, 6.07) is 4.63. The fraction of sp³-hybridized carbons (Fsp3) is 0.429. The van der Waals surface area contributed by atoms with Gasteiger partial charge in [-0.25, -0.2) is 4.79 Å². The molecular formula is C14H18ClN3O3. The van der Waals surface area contributed by atoms with Crippen molar-refractivity contribution in [3.05, 3.63) is 23.2 Å². The Balaban J connectivity index is 2.20. The number of nitrogens with one attached hydrogen (secondary N) is 1. The Morgan fingerprint density at radius 1 is 1.43 bits per heavy atom. The van der Waals surface area contributed by atoms with Gasteiger partial charge in [-0.3, -0.25) is 9.63 Å². The minimum atomic E-state index is -0.551.